The third-order valence-electron chi connectivity index (χ3n) is 3.37. The van der Waals surface area contributed by atoms with Gasteiger partial charge in [0.2, 0.25) is 0 Å². The van der Waals surface area contributed by atoms with Crippen LogP contribution in [0.3, 0.4) is 0 Å². The molecule has 0 fully saturated rings. The van der Waals surface area contributed by atoms with Gasteiger partial charge in [-0.2, -0.15) is 0 Å². The zero-order valence-corrected chi connectivity index (χ0v) is 13.0. The third-order valence-corrected chi connectivity index (χ3v) is 3.37. The highest BCUT2D eigenvalue weighted by Crippen LogP contribution is 2.09. The van der Waals surface area contributed by atoms with Crippen LogP contribution in [0, 0.1) is 0 Å². The number of carbonyl (C=O) groups is 1. The molecule has 0 amide bonds. The standard InChI is InChI=1S/C17H32O2/c1-3-4-5-6-7-8-9-10-11-12-13-14-15-16-17(18)19-2/h11-12H,3-10,13-16H2,1-2H3/b12-11-. The minimum atomic E-state index is -0.0907. The second-order valence-corrected chi connectivity index (χ2v) is 5.20. The van der Waals surface area contributed by atoms with E-state index in [2.05, 4.69) is 23.8 Å². The van der Waals surface area contributed by atoms with Crippen LogP contribution in [0.4, 0.5) is 0 Å². The van der Waals surface area contributed by atoms with Crippen LogP contribution in [0.1, 0.15) is 84.0 Å². The SMILES string of the molecule is CCCCCCCCC/C=C\CCCCC(=O)OC. The van der Waals surface area contributed by atoms with Crippen molar-refractivity contribution < 1.29 is 9.53 Å². The molecular formula is C17H32O2. The van der Waals surface area contributed by atoms with Crippen molar-refractivity contribution in [3.8, 4) is 0 Å². The summed E-state index contributed by atoms with van der Waals surface area (Å²) < 4.78 is 4.60. The lowest BCUT2D eigenvalue weighted by atomic mass is 10.1. The molecular weight excluding hydrogens is 236 g/mol. The Labute approximate surface area is 119 Å². The number of allylic oxidation sites excluding steroid dienone is 2. The number of hydrogen-bond acceptors (Lipinski definition) is 2. The van der Waals surface area contributed by atoms with Crippen LogP contribution in [-0.2, 0) is 9.53 Å². The predicted octanol–water partition coefficient (Wildman–Crippen LogP) is 5.42. The van der Waals surface area contributed by atoms with Gasteiger partial charge in [0.15, 0.2) is 0 Å². The summed E-state index contributed by atoms with van der Waals surface area (Å²) in [7, 11) is 1.45. The molecule has 0 unspecified atom stereocenters. The highest BCUT2D eigenvalue weighted by molar-refractivity contribution is 5.68. The van der Waals surface area contributed by atoms with Crippen LogP contribution in [0.2, 0.25) is 0 Å². The summed E-state index contributed by atoms with van der Waals surface area (Å²) in [6.07, 6.45) is 19.1. The lowest BCUT2D eigenvalue weighted by molar-refractivity contribution is -0.140. The highest BCUT2D eigenvalue weighted by Gasteiger charge is 1.97. The molecule has 112 valence electrons. The van der Waals surface area contributed by atoms with E-state index in [0.717, 1.165) is 19.3 Å². The summed E-state index contributed by atoms with van der Waals surface area (Å²) in [6, 6.07) is 0. The summed E-state index contributed by atoms with van der Waals surface area (Å²) in [5.74, 6) is -0.0907. The van der Waals surface area contributed by atoms with E-state index in [0.29, 0.717) is 6.42 Å². The first-order valence-electron chi connectivity index (χ1n) is 8.03. The van der Waals surface area contributed by atoms with Crippen molar-refractivity contribution in [1.29, 1.82) is 0 Å². The van der Waals surface area contributed by atoms with Crippen LogP contribution < -0.4 is 0 Å². The van der Waals surface area contributed by atoms with E-state index in [4.69, 9.17) is 0 Å². The molecule has 0 spiro atoms. The Balaban J connectivity index is 3.11. The number of carbonyl (C=O) groups excluding carboxylic acids is 1. The van der Waals surface area contributed by atoms with Gasteiger partial charge in [0, 0.05) is 6.42 Å². The molecule has 0 N–H and O–H groups in total. The molecule has 2 heteroatoms. The summed E-state index contributed by atoms with van der Waals surface area (Å²) in [5, 5.41) is 0. The van der Waals surface area contributed by atoms with Gasteiger partial charge in [0.05, 0.1) is 7.11 Å². The van der Waals surface area contributed by atoms with Gasteiger partial charge in [-0.25, -0.2) is 0 Å². The van der Waals surface area contributed by atoms with Crippen molar-refractivity contribution in [3.05, 3.63) is 12.2 Å². The van der Waals surface area contributed by atoms with Gasteiger partial charge in [-0.3, -0.25) is 4.79 Å². The van der Waals surface area contributed by atoms with Gasteiger partial charge >= 0.3 is 5.97 Å². The Morgan fingerprint density at radius 1 is 0.842 bits per heavy atom. The fraction of sp³-hybridized carbons (Fsp3) is 0.824. The Kier molecular flexibility index (Phi) is 14.6. The molecule has 0 atom stereocenters. The smallest absolute Gasteiger partial charge is 0.305 e. The monoisotopic (exact) mass is 268 g/mol. The molecule has 19 heavy (non-hydrogen) atoms. The van der Waals surface area contributed by atoms with Gasteiger partial charge in [-0.15, -0.1) is 0 Å². The molecule has 0 aliphatic carbocycles. The molecule has 0 aromatic rings. The van der Waals surface area contributed by atoms with E-state index in [1.165, 1.54) is 58.5 Å². The second kappa shape index (κ2) is 15.3. The highest BCUT2D eigenvalue weighted by atomic mass is 16.5. The van der Waals surface area contributed by atoms with E-state index >= 15 is 0 Å². The lowest BCUT2D eigenvalue weighted by Crippen LogP contribution is -1.98. The Morgan fingerprint density at radius 3 is 1.95 bits per heavy atom. The van der Waals surface area contributed by atoms with Gasteiger partial charge in [-0.05, 0) is 32.1 Å². The maximum Gasteiger partial charge on any atom is 0.305 e. The molecule has 0 heterocycles. The molecule has 0 aliphatic heterocycles. The largest absolute Gasteiger partial charge is 0.469 e. The maximum atomic E-state index is 10.9. The fourth-order valence-electron chi connectivity index (χ4n) is 2.09. The summed E-state index contributed by atoms with van der Waals surface area (Å²) in [5.41, 5.74) is 0. The van der Waals surface area contributed by atoms with E-state index in [9.17, 15) is 4.79 Å². The number of unbranched alkanes of at least 4 members (excludes halogenated alkanes) is 9. The summed E-state index contributed by atoms with van der Waals surface area (Å²) in [4.78, 5) is 10.9. The van der Waals surface area contributed by atoms with Crippen LogP contribution in [0.25, 0.3) is 0 Å². The lowest BCUT2D eigenvalue weighted by Gasteiger charge is -1.99. The van der Waals surface area contributed by atoms with Crippen molar-refractivity contribution in [1.82, 2.24) is 0 Å². The number of rotatable bonds is 13. The zero-order valence-electron chi connectivity index (χ0n) is 13.0. The topological polar surface area (TPSA) is 26.3 Å². The molecule has 0 bridgehead atoms. The zero-order chi connectivity index (χ0) is 14.2. The minimum Gasteiger partial charge on any atom is -0.469 e. The molecule has 0 aliphatic rings. The quantitative estimate of drug-likeness (QED) is 0.253. The van der Waals surface area contributed by atoms with Gasteiger partial charge in [0.25, 0.3) is 0 Å². The Bertz CT molecular complexity index is 221. The number of methoxy groups -OCH3 is 1. The molecule has 0 aromatic heterocycles. The minimum absolute atomic E-state index is 0.0907. The van der Waals surface area contributed by atoms with Crippen LogP contribution in [-0.4, -0.2) is 13.1 Å². The molecule has 0 saturated heterocycles. The summed E-state index contributed by atoms with van der Waals surface area (Å²) >= 11 is 0. The predicted molar refractivity (Wildman–Crippen MR) is 82.2 cm³/mol. The number of esters is 1. The van der Waals surface area contributed by atoms with Crippen LogP contribution in [0.5, 0.6) is 0 Å². The van der Waals surface area contributed by atoms with Crippen molar-refractivity contribution >= 4 is 5.97 Å². The van der Waals surface area contributed by atoms with E-state index in [1.54, 1.807) is 0 Å². The molecule has 0 rings (SSSR count). The second-order valence-electron chi connectivity index (χ2n) is 5.20. The average molecular weight is 268 g/mol. The van der Waals surface area contributed by atoms with Crippen molar-refractivity contribution in [2.75, 3.05) is 7.11 Å². The van der Waals surface area contributed by atoms with Crippen LogP contribution >= 0.6 is 0 Å². The number of ether oxygens (including phenoxy) is 1. The van der Waals surface area contributed by atoms with Crippen LogP contribution in [0.15, 0.2) is 12.2 Å². The number of hydrogen-bond donors (Lipinski definition) is 0. The average Bonchev–Trinajstić information content (AvgIpc) is 2.43. The molecule has 0 saturated carbocycles. The Hall–Kier alpha value is -0.790. The first-order chi connectivity index (χ1) is 9.31. The van der Waals surface area contributed by atoms with E-state index < -0.39 is 0 Å². The summed E-state index contributed by atoms with van der Waals surface area (Å²) in [6.45, 7) is 2.26. The fourth-order valence-corrected chi connectivity index (χ4v) is 2.09. The van der Waals surface area contributed by atoms with Crippen molar-refractivity contribution in [2.45, 2.75) is 84.0 Å². The first kappa shape index (κ1) is 18.2. The normalized spacial score (nSPS) is 11.1. The first-order valence-corrected chi connectivity index (χ1v) is 8.03. The van der Waals surface area contributed by atoms with E-state index in [1.807, 2.05) is 0 Å². The van der Waals surface area contributed by atoms with Crippen molar-refractivity contribution in [3.63, 3.8) is 0 Å². The molecule has 0 radical (unpaired) electrons. The molecule has 2 nitrogen and oxygen atoms in total. The third kappa shape index (κ3) is 15.2. The van der Waals surface area contributed by atoms with Gasteiger partial charge < -0.3 is 4.74 Å². The molecule has 0 aromatic carbocycles. The van der Waals surface area contributed by atoms with E-state index in [-0.39, 0.29) is 5.97 Å². The van der Waals surface area contributed by atoms with Gasteiger partial charge in [-0.1, -0.05) is 57.6 Å². The Morgan fingerprint density at radius 2 is 1.37 bits per heavy atom. The van der Waals surface area contributed by atoms with Crippen molar-refractivity contribution in [2.24, 2.45) is 0 Å². The maximum absolute atomic E-state index is 10.9. The van der Waals surface area contributed by atoms with Gasteiger partial charge in [0.1, 0.15) is 0 Å².